The molecule has 1 amide bonds. The number of ether oxygens (including phenoxy) is 1. The normalized spacial score (nSPS) is 21.8. The van der Waals surface area contributed by atoms with E-state index in [9.17, 15) is 4.79 Å². The summed E-state index contributed by atoms with van der Waals surface area (Å²) in [6, 6.07) is 10.5. The van der Waals surface area contributed by atoms with Gasteiger partial charge in [-0.15, -0.1) is 0 Å². The van der Waals surface area contributed by atoms with Crippen molar-refractivity contribution in [3.63, 3.8) is 0 Å². The van der Waals surface area contributed by atoms with Crippen LogP contribution in [0.1, 0.15) is 67.8 Å². The molecule has 1 saturated carbocycles. The fraction of sp³-hybridized carbons (Fsp3) is 0.654. The van der Waals surface area contributed by atoms with E-state index in [1.165, 1.54) is 12.0 Å². The molecule has 184 valence electrons. The second kappa shape index (κ2) is 11.4. The number of carbonyl (C=O) groups excluding carboxylic acids is 1. The van der Waals surface area contributed by atoms with E-state index >= 15 is 0 Å². The third-order valence-electron chi connectivity index (χ3n) is 7.62. The van der Waals surface area contributed by atoms with Crippen LogP contribution in [0, 0.1) is 5.92 Å². The van der Waals surface area contributed by atoms with Gasteiger partial charge in [-0.2, -0.15) is 4.98 Å². The number of carbonyl (C=O) groups is 1. The molecule has 34 heavy (non-hydrogen) atoms. The Kier molecular flexibility index (Phi) is 7.88. The molecule has 0 bridgehead atoms. The zero-order valence-electron chi connectivity index (χ0n) is 20.0. The number of hydrogen-bond donors (Lipinski definition) is 1. The first-order chi connectivity index (χ1) is 16.7. The maximum Gasteiger partial charge on any atom is 0.229 e. The molecule has 2 aromatic rings. The van der Waals surface area contributed by atoms with Gasteiger partial charge in [0.1, 0.15) is 0 Å². The van der Waals surface area contributed by atoms with Crippen molar-refractivity contribution in [3.05, 3.63) is 47.6 Å². The van der Waals surface area contributed by atoms with Crippen LogP contribution in [0.3, 0.4) is 0 Å². The van der Waals surface area contributed by atoms with Crippen molar-refractivity contribution in [2.24, 2.45) is 5.92 Å². The van der Waals surface area contributed by atoms with E-state index < -0.39 is 0 Å². The fourth-order valence-corrected chi connectivity index (χ4v) is 5.14. The zero-order chi connectivity index (χ0) is 23.2. The predicted octanol–water partition coefficient (Wildman–Crippen LogP) is 3.13. The minimum Gasteiger partial charge on any atom is -0.379 e. The number of hydrogen-bond acceptors (Lipinski definition) is 7. The first kappa shape index (κ1) is 23.5. The van der Waals surface area contributed by atoms with E-state index in [2.05, 4.69) is 44.5 Å². The predicted molar refractivity (Wildman–Crippen MR) is 128 cm³/mol. The van der Waals surface area contributed by atoms with Crippen molar-refractivity contribution in [1.29, 1.82) is 0 Å². The first-order valence-corrected chi connectivity index (χ1v) is 12.9. The van der Waals surface area contributed by atoms with Crippen LogP contribution >= 0.6 is 0 Å². The quantitative estimate of drug-likeness (QED) is 0.607. The van der Waals surface area contributed by atoms with Crippen LogP contribution in [-0.2, 0) is 16.1 Å². The van der Waals surface area contributed by atoms with Crippen molar-refractivity contribution in [1.82, 2.24) is 25.3 Å². The molecule has 3 aliphatic rings. The number of aromatic nitrogens is 2. The summed E-state index contributed by atoms with van der Waals surface area (Å²) in [6.45, 7) is 7.15. The third-order valence-corrected chi connectivity index (χ3v) is 7.62. The lowest BCUT2D eigenvalue weighted by Crippen LogP contribution is -2.39. The van der Waals surface area contributed by atoms with Gasteiger partial charge in [-0.1, -0.05) is 41.9 Å². The summed E-state index contributed by atoms with van der Waals surface area (Å²) in [5.41, 5.74) is 1.20. The van der Waals surface area contributed by atoms with Gasteiger partial charge in [-0.3, -0.25) is 9.69 Å². The molecule has 1 aliphatic carbocycles. The molecule has 8 heteroatoms. The highest BCUT2D eigenvalue weighted by atomic mass is 16.5. The molecule has 1 atom stereocenters. The molecule has 1 aromatic heterocycles. The topological polar surface area (TPSA) is 83.7 Å². The summed E-state index contributed by atoms with van der Waals surface area (Å²) in [7, 11) is 0. The second-order valence-electron chi connectivity index (χ2n) is 9.94. The van der Waals surface area contributed by atoms with Crippen molar-refractivity contribution < 1.29 is 14.1 Å². The minimum absolute atomic E-state index is 0.0747. The summed E-state index contributed by atoms with van der Waals surface area (Å²) in [6.07, 6.45) is 6.23. The molecule has 3 fully saturated rings. The molecular formula is C26H37N5O3. The summed E-state index contributed by atoms with van der Waals surface area (Å²) in [5.74, 6) is 2.35. The summed E-state index contributed by atoms with van der Waals surface area (Å²) < 4.78 is 11.0. The van der Waals surface area contributed by atoms with Crippen molar-refractivity contribution in [2.75, 3.05) is 45.9 Å². The van der Waals surface area contributed by atoms with E-state index in [-0.39, 0.29) is 17.9 Å². The monoisotopic (exact) mass is 467 g/mol. The number of likely N-dealkylation sites (tertiary alicyclic amines) is 1. The molecule has 1 aromatic carbocycles. The summed E-state index contributed by atoms with van der Waals surface area (Å²) in [5, 5.41) is 7.56. The van der Waals surface area contributed by atoms with E-state index in [0.717, 1.165) is 96.3 Å². The Morgan fingerprint density at radius 3 is 2.50 bits per heavy atom. The number of morpholine rings is 1. The Morgan fingerprint density at radius 1 is 1.03 bits per heavy atom. The lowest BCUT2D eigenvalue weighted by atomic mass is 9.84. The van der Waals surface area contributed by atoms with Crippen LogP contribution in [0.2, 0.25) is 0 Å². The molecule has 3 heterocycles. The number of nitrogens with zero attached hydrogens (tertiary/aromatic N) is 4. The van der Waals surface area contributed by atoms with E-state index in [4.69, 9.17) is 14.2 Å². The maximum absolute atomic E-state index is 12.6. The van der Waals surface area contributed by atoms with Gasteiger partial charge < -0.3 is 19.5 Å². The highest BCUT2D eigenvalue weighted by Crippen LogP contribution is 2.30. The minimum atomic E-state index is 0.0747. The van der Waals surface area contributed by atoms with Gasteiger partial charge in [-0.05, 0) is 50.8 Å². The SMILES string of the molecule is O=C(N[C@@H](CCN1CCC(c2nc(CN3CCOCC3)no2)CC1)c1ccccc1)C1CCC1. The summed E-state index contributed by atoms with van der Waals surface area (Å²) >= 11 is 0. The van der Waals surface area contributed by atoms with Crippen LogP contribution < -0.4 is 5.32 Å². The van der Waals surface area contributed by atoms with Crippen LogP contribution in [0.5, 0.6) is 0 Å². The van der Waals surface area contributed by atoms with Gasteiger partial charge in [0.15, 0.2) is 5.82 Å². The van der Waals surface area contributed by atoms with Gasteiger partial charge in [0.2, 0.25) is 11.8 Å². The van der Waals surface area contributed by atoms with Gasteiger partial charge >= 0.3 is 0 Å². The molecule has 0 radical (unpaired) electrons. The highest BCUT2D eigenvalue weighted by molar-refractivity contribution is 5.79. The molecule has 5 rings (SSSR count). The first-order valence-electron chi connectivity index (χ1n) is 12.9. The lowest BCUT2D eigenvalue weighted by Gasteiger charge is -2.32. The molecule has 0 unspecified atom stereocenters. The number of amides is 1. The van der Waals surface area contributed by atoms with Crippen LogP contribution in [-0.4, -0.2) is 71.8 Å². The molecule has 1 N–H and O–H groups in total. The maximum atomic E-state index is 12.6. The standard InChI is InChI=1S/C26H37N5O3/c32-25(21-7-4-8-21)27-23(20-5-2-1-3-6-20)11-14-30-12-9-22(10-13-30)26-28-24(29-34-26)19-31-15-17-33-18-16-31/h1-3,5-6,21-23H,4,7-19H2,(H,27,32)/t23-/m0/s1. The van der Waals surface area contributed by atoms with Gasteiger partial charge in [0.25, 0.3) is 0 Å². The van der Waals surface area contributed by atoms with E-state index in [1.54, 1.807) is 0 Å². The molecule has 0 spiro atoms. The molecule has 2 saturated heterocycles. The molecule has 2 aliphatic heterocycles. The zero-order valence-corrected chi connectivity index (χ0v) is 20.0. The van der Waals surface area contributed by atoms with Crippen molar-refractivity contribution >= 4 is 5.91 Å². The van der Waals surface area contributed by atoms with Crippen molar-refractivity contribution in [2.45, 2.75) is 57.0 Å². The number of benzene rings is 1. The summed E-state index contributed by atoms with van der Waals surface area (Å²) in [4.78, 5) is 22.2. The van der Waals surface area contributed by atoms with Gasteiger partial charge in [0.05, 0.1) is 25.8 Å². The van der Waals surface area contributed by atoms with Crippen molar-refractivity contribution in [3.8, 4) is 0 Å². The van der Waals surface area contributed by atoms with Gasteiger partial charge in [-0.25, -0.2) is 0 Å². The van der Waals surface area contributed by atoms with E-state index in [0.29, 0.717) is 5.92 Å². The Morgan fingerprint density at radius 2 is 1.79 bits per heavy atom. The number of piperidine rings is 1. The smallest absolute Gasteiger partial charge is 0.229 e. The average Bonchev–Trinajstić information content (AvgIpc) is 3.30. The molecular weight excluding hydrogens is 430 g/mol. The van der Waals surface area contributed by atoms with E-state index in [1.807, 2.05) is 6.07 Å². The number of nitrogens with one attached hydrogen (secondary N) is 1. The Balaban J connectivity index is 1.10. The largest absolute Gasteiger partial charge is 0.379 e. The second-order valence-corrected chi connectivity index (χ2v) is 9.94. The van der Waals surface area contributed by atoms with Crippen LogP contribution in [0.15, 0.2) is 34.9 Å². The Bertz CT molecular complexity index is 902. The lowest BCUT2D eigenvalue weighted by molar-refractivity contribution is -0.128. The Hall–Kier alpha value is -2.29. The molecule has 8 nitrogen and oxygen atoms in total. The fourth-order valence-electron chi connectivity index (χ4n) is 5.14. The van der Waals surface area contributed by atoms with Crippen LogP contribution in [0.4, 0.5) is 0 Å². The van der Waals surface area contributed by atoms with Gasteiger partial charge in [0, 0.05) is 31.5 Å². The Labute approximate surface area is 202 Å². The third kappa shape index (κ3) is 6.03. The highest BCUT2D eigenvalue weighted by Gasteiger charge is 2.29. The number of rotatable bonds is 9. The average molecular weight is 468 g/mol. The van der Waals surface area contributed by atoms with Crippen LogP contribution in [0.25, 0.3) is 0 Å².